The van der Waals surface area contributed by atoms with Gasteiger partial charge < -0.3 is 4.74 Å². The van der Waals surface area contributed by atoms with Gasteiger partial charge in [0.2, 0.25) is 11.7 Å². The number of aromatic nitrogens is 5. The first kappa shape index (κ1) is 20.2. The summed E-state index contributed by atoms with van der Waals surface area (Å²) in [5.74, 6) is -4.25. The third-order valence-electron chi connectivity index (χ3n) is 3.79. The van der Waals surface area contributed by atoms with Gasteiger partial charge in [-0.05, 0) is 19.9 Å². The largest absolute Gasteiger partial charge is 0.462 e. The minimum absolute atomic E-state index is 0.0186. The first-order valence-electron chi connectivity index (χ1n) is 7.82. The molecule has 0 amide bonds. The summed E-state index contributed by atoms with van der Waals surface area (Å²) < 4.78 is 71.8. The summed E-state index contributed by atoms with van der Waals surface area (Å²) in [5, 5.41) is 11.1. The number of hydrogen-bond acceptors (Lipinski definition) is 5. The Hall–Kier alpha value is -2.56. The Morgan fingerprint density at radius 2 is 1.71 bits per heavy atom. The first-order valence-corrected chi connectivity index (χ1v) is 8.20. The van der Waals surface area contributed by atoms with Crippen LogP contribution in [0.2, 0.25) is 5.02 Å². The molecule has 0 aliphatic carbocycles. The number of alkyl halides is 5. The van der Waals surface area contributed by atoms with E-state index >= 15 is 0 Å². The maximum absolute atomic E-state index is 13.6. The second-order valence-electron chi connectivity index (χ2n) is 6.52. The Morgan fingerprint density at radius 3 is 2.25 bits per heavy atom. The Morgan fingerprint density at radius 1 is 1.04 bits per heavy atom. The van der Waals surface area contributed by atoms with Gasteiger partial charge >= 0.3 is 12.1 Å². The SMILES string of the molecule is CC(F)(F)c1nnc2cc(Cl)c(-c3ccc(OC(C)(C)C(F)(F)F)nc3)nn12. The van der Waals surface area contributed by atoms with Crippen LogP contribution in [0.1, 0.15) is 26.6 Å². The normalized spacial score (nSPS) is 13.2. The summed E-state index contributed by atoms with van der Waals surface area (Å²) in [6.07, 6.45) is -3.42. The van der Waals surface area contributed by atoms with Crippen molar-refractivity contribution in [3.8, 4) is 17.1 Å². The van der Waals surface area contributed by atoms with E-state index in [4.69, 9.17) is 16.3 Å². The number of nitrogens with zero attached hydrogens (tertiary/aromatic N) is 5. The Balaban J connectivity index is 1.98. The average Bonchev–Trinajstić information content (AvgIpc) is 2.96. The third-order valence-corrected chi connectivity index (χ3v) is 4.08. The van der Waals surface area contributed by atoms with E-state index in [1.54, 1.807) is 0 Å². The summed E-state index contributed by atoms with van der Waals surface area (Å²) in [4.78, 5) is 3.82. The van der Waals surface area contributed by atoms with E-state index in [0.29, 0.717) is 6.92 Å². The molecule has 0 fully saturated rings. The van der Waals surface area contributed by atoms with E-state index in [1.165, 1.54) is 24.4 Å². The maximum Gasteiger partial charge on any atom is 0.427 e. The number of ether oxygens (including phenoxy) is 1. The molecule has 0 aromatic carbocycles. The smallest absolute Gasteiger partial charge is 0.427 e. The zero-order valence-electron chi connectivity index (χ0n) is 14.7. The Labute approximate surface area is 160 Å². The molecular formula is C16H13ClF5N5O. The summed E-state index contributed by atoms with van der Waals surface area (Å²) >= 11 is 6.13. The van der Waals surface area contributed by atoms with E-state index in [1.807, 2.05) is 0 Å². The second kappa shape index (κ2) is 6.50. The van der Waals surface area contributed by atoms with Gasteiger partial charge in [-0.25, -0.2) is 4.98 Å². The summed E-state index contributed by atoms with van der Waals surface area (Å²) in [6.45, 7) is 2.39. The van der Waals surface area contributed by atoms with Gasteiger partial charge in [0.15, 0.2) is 11.2 Å². The number of halogens is 6. The monoisotopic (exact) mass is 421 g/mol. The van der Waals surface area contributed by atoms with Gasteiger partial charge in [0, 0.05) is 30.8 Å². The van der Waals surface area contributed by atoms with E-state index in [2.05, 4.69) is 20.3 Å². The highest BCUT2D eigenvalue weighted by molar-refractivity contribution is 6.33. The lowest BCUT2D eigenvalue weighted by Crippen LogP contribution is -2.44. The van der Waals surface area contributed by atoms with E-state index in [-0.39, 0.29) is 27.8 Å². The van der Waals surface area contributed by atoms with Crippen molar-refractivity contribution < 1.29 is 26.7 Å². The lowest BCUT2D eigenvalue weighted by atomic mass is 10.1. The van der Waals surface area contributed by atoms with Gasteiger partial charge in [0.05, 0.1) is 5.02 Å². The van der Waals surface area contributed by atoms with Crippen molar-refractivity contribution in [3.63, 3.8) is 0 Å². The third kappa shape index (κ3) is 3.71. The zero-order valence-corrected chi connectivity index (χ0v) is 15.5. The van der Waals surface area contributed by atoms with Crippen LogP contribution in [0.25, 0.3) is 16.9 Å². The molecule has 6 nitrogen and oxygen atoms in total. The van der Waals surface area contributed by atoms with Crippen LogP contribution in [0.3, 0.4) is 0 Å². The summed E-state index contributed by atoms with van der Waals surface area (Å²) in [5.41, 5.74) is -2.07. The molecule has 3 aromatic heterocycles. The predicted octanol–water partition coefficient (Wildman–Crippen LogP) is 4.67. The molecule has 0 saturated heterocycles. The molecule has 0 aliphatic heterocycles. The minimum Gasteiger partial charge on any atom is -0.462 e. The molecule has 150 valence electrons. The van der Waals surface area contributed by atoms with E-state index in [9.17, 15) is 22.0 Å². The molecule has 0 radical (unpaired) electrons. The lowest BCUT2D eigenvalue weighted by molar-refractivity contribution is -0.235. The highest BCUT2D eigenvalue weighted by atomic mass is 35.5. The first-order chi connectivity index (χ1) is 12.8. The van der Waals surface area contributed by atoms with Crippen molar-refractivity contribution in [1.82, 2.24) is 24.8 Å². The quantitative estimate of drug-likeness (QED) is 0.573. The van der Waals surface area contributed by atoms with Crippen LogP contribution in [0, 0.1) is 0 Å². The molecular weight excluding hydrogens is 409 g/mol. The number of pyridine rings is 1. The maximum atomic E-state index is 13.6. The average molecular weight is 422 g/mol. The molecule has 0 N–H and O–H groups in total. The fourth-order valence-corrected chi connectivity index (χ4v) is 2.42. The van der Waals surface area contributed by atoms with Crippen LogP contribution >= 0.6 is 11.6 Å². The molecule has 0 bridgehead atoms. The van der Waals surface area contributed by atoms with Gasteiger partial charge in [-0.15, -0.1) is 10.2 Å². The van der Waals surface area contributed by atoms with E-state index < -0.39 is 23.5 Å². The number of rotatable bonds is 4. The standard InChI is InChI=1S/C16H13ClF5N5O/c1-14(2,16(20,21)22)28-11-5-4-8(7-23-11)12-9(17)6-10-24-25-13(15(3,18)19)27(10)26-12/h4-7H,1-3H3. The van der Waals surface area contributed by atoms with Gasteiger partial charge in [0.25, 0.3) is 0 Å². The Kier molecular flexibility index (Phi) is 4.69. The molecule has 0 unspecified atom stereocenters. The molecule has 3 aromatic rings. The molecule has 0 aliphatic rings. The Bertz CT molecular complexity index is 1010. The highest BCUT2D eigenvalue weighted by Crippen LogP contribution is 2.34. The van der Waals surface area contributed by atoms with Crippen molar-refractivity contribution >= 4 is 17.2 Å². The molecule has 28 heavy (non-hydrogen) atoms. The topological polar surface area (TPSA) is 65.2 Å². The van der Waals surface area contributed by atoms with Crippen molar-refractivity contribution in [2.24, 2.45) is 0 Å². The lowest BCUT2D eigenvalue weighted by Gasteiger charge is -2.28. The summed E-state index contributed by atoms with van der Waals surface area (Å²) in [6, 6.07) is 3.86. The van der Waals surface area contributed by atoms with Crippen LogP contribution in [0.5, 0.6) is 5.88 Å². The van der Waals surface area contributed by atoms with Crippen molar-refractivity contribution in [2.45, 2.75) is 38.5 Å². The fraction of sp³-hybridized carbons (Fsp3) is 0.375. The predicted molar refractivity (Wildman–Crippen MR) is 89.4 cm³/mol. The fourth-order valence-electron chi connectivity index (χ4n) is 2.18. The van der Waals surface area contributed by atoms with Crippen LogP contribution in [0.15, 0.2) is 24.4 Å². The van der Waals surface area contributed by atoms with Gasteiger partial charge in [-0.2, -0.15) is 31.6 Å². The second-order valence-corrected chi connectivity index (χ2v) is 6.93. The van der Waals surface area contributed by atoms with Crippen LogP contribution < -0.4 is 4.74 Å². The molecule has 12 heteroatoms. The van der Waals surface area contributed by atoms with Gasteiger partial charge in [-0.1, -0.05) is 11.6 Å². The van der Waals surface area contributed by atoms with E-state index in [0.717, 1.165) is 18.4 Å². The van der Waals surface area contributed by atoms with Crippen LogP contribution in [0.4, 0.5) is 22.0 Å². The molecule has 0 atom stereocenters. The summed E-state index contributed by atoms with van der Waals surface area (Å²) in [7, 11) is 0. The van der Waals surface area contributed by atoms with Crippen molar-refractivity contribution in [2.75, 3.05) is 0 Å². The molecule has 0 spiro atoms. The molecule has 3 rings (SSSR count). The molecule has 3 heterocycles. The highest BCUT2D eigenvalue weighted by Gasteiger charge is 2.50. The van der Waals surface area contributed by atoms with Crippen LogP contribution in [-0.4, -0.2) is 36.6 Å². The zero-order chi connectivity index (χ0) is 20.9. The molecule has 0 saturated carbocycles. The van der Waals surface area contributed by atoms with Crippen molar-refractivity contribution in [1.29, 1.82) is 0 Å². The number of fused-ring (bicyclic) bond motifs is 1. The van der Waals surface area contributed by atoms with Gasteiger partial charge in [0.1, 0.15) is 5.69 Å². The number of hydrogen-bond donors (Lipinski definition) is 0. The van der Waals surface area contributed by atoms with Gasteiger partial charge in [-0.3, -0.25) is 0 Å². The minimum atomic E-state index is -4.60. The van der Waals surface area contributed by atoms with Crippen LogP contribution in [-0.2, 0) is 5.92 Å². The van der Waals surface area contributed by atoms with Crippen molar-refractivity contribution in [3.05, 3.63) is 35.2 Å².